The Morgan fingerprint density at radius 3 is 1.00 bits per heavy atom. The zero-order valence-electron chi connectivity index (χ0n) is 2.92. The number of hydrogen-bond acceptors (Lipinski definition) is 3. The van der Waals surface area contributed by atoms with Gasteiger partial charge in [0.2, 0.25) is 0 Å². The van der Waals surface area contributed by atoms with Gasteiger partial charge in [-0.3, -0.25) is 0 Å². The van der Waals surface area contributed by atoms with Crippen LogP contribution in [0, 0.1) is 0 Å². The van der Waals surface area contributed by atoms with Gasteiger partial charge in [-0.25, -0.2) is 0 Å². The first kappa shape index (κ1) is 15.9. The van der Waals surface area contributed by atoms with Crippen LogP contribution in [0.3, 0.4) is 0 Å². The van der Waals surface area contributed by atoms with Gasteiger partial charge in [-0.2, -0.15) is 0 Å². The van der Waals surface area contributed by atoms with Crippen molar-refractivity contribution in [3.05, 3.63) is 0 Å². The Balaban J connectivity index is -0.0000000450. The maximum atomic E-state index is 7.17. The molecule has 0 aromatic heterocycles. The molecule has 0 aliphatic heterocycles. The largest absolute Gasteiger partial charge is 0.631 e. The predicted molar refractivity (Wildman–Crippen MR) is 21.8 cm³/mol. The summed E-state index contributed by atoms with van der Waals surface area (Å²) in [6.45, 7) is 0. The van der Waals surface area contributed by atoms with E-state index in [1.54, 1.807) is 0 Å². The zero-order valence-corrected chi connectivity index (χ0v) is 5.77. The van der Waals surface area contributed by atoms with Crippen molar-refractivity contribution in [3.8, 4) is 0 Å². The number of rotatable bonds is 0. The van der Waals surface area contributed by atoms with Crippen molar-refractivity contribution in [2.24, 2.45) is 0 Å². The van der Waals surface area contributed by atoms with E-state index in [4.69, 9.17) is 15.1 Å². The molecule has 6 heavy (non-hydrogen) atoms. The van der Waals surface area contributed by atoms with E-state index in [1.807, 2.05) is 0 Å². The van der Waals surface area contributed by atoms with Crippen molar-refractivity contribution in [2.45, 2.75) is 0 Å². The van der Waals surface area contributed by atoms with Gasteiger partial charge in [0.25, 0.3) is 0 Å². The van der Waals surface area contributed by atoms with Gasteiger partial charge in [-0.15, -0.1) is 0 Å². The second kappa shape index (κ2) is 9.20. The van der Waals surface area contributed by atoms with Gasteiger partial charge in [-0.05, 0) is 0 Å². The molecule has 0 atom stereocenters. The Bertz CT molecular complexity index is 12.3. The van der Waals surface area contributed by atoms with Gasteiger partial charge >= 0.3 is 7.32 Å². The third kappa shape index (κ3) is 130. The Labute approximate surface area is 52.2 Å². The molecule has 0 aromatic rings. The van der Waals surface area contributed by atoms with Crippen LogP contribution in [0.15, 0.2) is 0 Å². The van der Waals surface area contributed by atoms with Crippen LogP contribution in [0.5, 0.6) is 0 Å². The smallest absolute Gasteiger partial charge is 0.412 e. The fraction of sp³-hybridized carbons (Fsp3) is 0. The molecule has 0 amide bonds. The fourth-order valence-electron chi connectivity index (χ4n) is 0. The third-order valence-corrected chi connectivity index (χ3v) is 0. The maximum Gasteiger partial charge on any atom is 0.631 e. The molecule has 0 unspecified atom stereocenters. The Hall–Kier alpha value is 0.704. The van der Waals surface area contributed by atoms with Crippen LogP contribution in [-0.2, 0) is 0 Å². The minimum absolute atomic E-state index is 0. The normalized spacial score (nSPS) is 4.50. The van der Waals surface area contributed by atoms with Gasteiger partial charge in [-0.1, -0.05) is 0 Å². The summed E-state index contributed by atoms with van der Waals surface area (Å²) < 4.78 is 0. The summed E-state index contributed by atoms with van der Waals surface area (Å²) in [6, 6.07) is 0. The summed E-state index contributed by atoms with van der Waals surface area (Å²) >= 11 is 0. The average molecular weight is 199 g/mol. The van der Waals surface area contributed by atoms with Crippen LogP contribution < -0.4 is 0 Å². The summed E-state index contributed by atoms with van der Waals surface area (Å²) in [5, 5.41) is 21.5. The zero-order chi connectivity index (χ0) is 3.58. The quantitative estimate of drug-likeness (QED) is 0.357. The van der Waals surface area contributed by atoms with Crippen molar-refractivity contribution in [3.63, 3.8) is 0 Å². The molecule has 5 N–H and O–H groups in total. The summed E-state index contributed by atoms with van der Waals surface area (Å²) in [6.07, 6.45) is 0. The van der Waals surface area contributed by atoms with E-state index < -0.39 is 7.32 Å². The summed E-state index contributed by atoms with van der Waals surface area (Å²) in [7, 11) is -2.17. The van der Waals surface area contributed by atoms with E-state index >= 15 is 0 Å². The van der Waals surface area contributed by atoms with E-state index in [9.17, 15) is 0 Å². The molecule has 0 fully saturated rings. The van der Waals surface area contributed by atoms with Gasteiger partial charge < -0.3 is 20.5 Å². The van der Waals surface area contributed by atoms with Crippen LogP contribution in [0.4, 0.5) is 0 Å². The van der Waals surface area contributed by atoms with E-state index in [2.05, 4.69) is 0 Å². The summed E-state index contributed by atoms with van der Waals surface area (Å²) in [5.74, 6) is 0. The van der Waals surface area contributed by atoms with Crippen LogP contribution in [0.1, 0.15) is 0 Å². The topological polar surface area (TPSA) is 92.2 Å². The monoisotopic (exact) mass is 200 g/mol. The van der Waals surface area contributed by atoms with Crippen molar-refractivity contribution < 1.29 is 20.5 Å². The first-order valence-electron chi connectivity index (χ1n) is 0.775. The van der Waals surface area contributed by atoms with Gasteiger partial charge in [0, 0.05) is 23.9 Å². The van der Waals surface area contributed by atoms with Crippen molar-refractivity contribution in [1.82, 2.24) is 0 Å². The molecule has 0 aromatic carbocycles. The van der Waals surface area contributed by atoms with Crippen LogP contribution in [0.2, 0.25) is 0 Å². The molecule has 0 aliphatic rings. The third-order valence-electron chi connectivity index (χ3n) is 0. The average Bonchev–Trinajstić information content (AvgIpc) is 0.811. The van der Waals surface area contributed by atoms with Crippen LogP contribution in [-0.4, -0.2) is 51.8 Å². The van der Waals surface area contributed by atoms with E-state index in [0.717, 1.165) is 0 Å². The molecule has 0 rings (SSSR count). The first-order chi connectivity index (χ1) is 1.73. The van der Waals surface area contributed by atoms with Crippen LogP contribution >= 0.6 is 0 Å². The molecule has 0 saturated heterocycles. The predicted octanol–water partition coefficient (Wildman–Crippen LogP) is -3.26. The van der Waals surface area contributed by atoms with E-state index in [1.165, 1.54) is 0 Å². The first-order valence-corrected chi connectivity index (χ1v) is 0.775. The Morgan fingerprint density at radius 2 is 1.00 bits per heavy atom. The molecule has 6 heteroatoms. The molecular weight excluding hydrogens is 194 g/mol. The Morgan fingerprint density at radius 1 is 1.00 bits per heavy atom. The second-order valence-electron chi connectivity index (χ2n) is 0.346. The molecular formula is H5BO4Sn. The number of hydrogen-bond donors (Lipinski definition) is 3. The second-order valence-corrected chi connectivity index (χ2v) is 0.346. The van der Waals surface area contributed by atoms with Gasteiger partial charge in [0.1, 0.15) is 0 Å². The summed E-state index contributed by atoms with van der Waals surface area (Å²) in [4.78, 5) is 0. The molecule has 0 heterocycles. The minimum Gasteiger partial charge on any atom is -0.412 e. The molecule has 0 bridgehead atoms. The molecule has 4 nitrogen and oxygen atoms in total. The van der Waals surface area contributed by atoms with Gasteiger partial charge in [0.15, 0.2) is 0 Å². The van der Waals surface area contributed by atoms with E-state index in [-0.39, 0.29) is 29.4 Å². The van der Waals surface area contributed by atoms with Crippen molar-refractivity contribution in [1.29, 1.82) is 0 Å². The SMILES string of the molecule is O.OB(O)O.[Sn]. The molecule has 4 radical (unpaired) electrons. The van der Waals surface area contributed by atoms with Crippen molar-refractivity contribution in [2.75, 3.05) is 0 Å². The molecule has 0 spiro atoms. The van der Waals surface area contributed by atoms with Crippen LogP contribution in [0.25, 0.3) is 0 Å². The Kier molecular flexibility index (Phi) is 24.4. The standard InChI is InChI=1S/BH3O3.H2O.Sn/c2-1(3)4;;/h2-4H;1H2;. The van der Waals surface area contributed by atoms with E-state index in [0.29, 0.717) is 0 Å². The minimum atomic E-state index is -2.17. The van der Waals surface area contributed by atoms with Gasteiger partial charge in [0.05, 0.1) is 0 Å². The maximum absolute atomic E-state index is 7.17. The molecule has 0 aliphatic carbocycles. The fourth-order valence-corrected chi connectivity index (χ4v) is 0. The molecule has 36 valence electrons. The molecule has 0 saturated carbocycles. The van der Waals surface area contributed by atoms with Crippen molar-refractivity contribution >= 4 is 31.2 Å². The summed E-state index contributed by atoms with van der Waals surface area (Å²) in [5.41, 5.74) is 0.